The van der Waals surface area contributed by atoms with Crippen molar-refractivity contribution in [1.82, 2.24) is 10.1 Å². The highest BCUT2D eigenvalue weighted by molar-refractivity contribution is 7.17. The van der Waals surface area contributed by atoms with Gasteiger partial charge < -0.3 is 14.6 Å². The lowest BCUT2D eigenvalue weighted by atomic mass is 9.88. The molecule has 0 unspecified atom stereocenters. The second-order valence-electron chi connectivity index (χ2n) is 8.90. The van der Waals surface area contributed by atoms with Gasteiger partial charge in [-0.1, -0.05) is 12.1 Å². The summed E-state index contributed by atoms with van der Waals surface area (Å²) in [7, 11) is 1.36. The summed E-state index contributed by atoms with van der Waals surface area (Å²) in [5.74, 6) is 1.64. The molecule has 3 aliphatic rings. The van der Waals surface area contributed by atoms with Gasteiger partial charge in [-0.2, -0.15) is 4.98 Å². The van der Waals surface area contributed by atoms with Crippen molar-refractivity contribution in [2.75, 3.05) is 12.4 Å². The van der Waals surface area contributed by atoms with E-state index in [4.69, 9.17) is 9.26 Å². The number of carbonyl (C=O) groups is 2. The summed E-state index contributed by atoms with van der Waals surface area (Å²) in [5.41, 5.74) is 3.12. The molecule has 7 nitrogen and oxygen atoms in total. The molecule has 1 N–H and O–H groups in total. The average molecular weight is 442 g/mol. The molecule has 1 atom stereocenters. The SMILES string of the molecule is COC(=O)C1=C(C(=O)Nc2sc3c(c2-c2nc(C4CC4)no2)CC[C@@H](C)C3)CCCC1. The van der Waals surface area contributed by atoms with Crippen LogP contribution in [0.1, 0.15) is 74.1 Å². The summed E-state index contributed by atoms with van der Waals surface area (Å²) in [5, 5.41) is 8.04. The van der Waals surface area contributed by atoms with Crippen LogP contribution in [0.25, 0.3) is 11.5 Å². The van der Waals surface area contributed by atoms with Gasteiger partial charge in [0.1, 0.15) is 5.00 Å². The summed E-state index contributed by atoms with van der Waals surface area (Å²) in [6, 6.07) is 0. The molecular formula is C23H27N3O4S. The third kappa shape index (κ3) is 3.93. The number of methoxy groups -OCH3 is 1. The van der Waals surface area contributed by atoms with E-state index in [1.165, 1.54) is 17.6 Å². The minimum Gasteiger partial charge on any atom is -0.466 e. The quantitative estimate of drug-likeness (QED) is 0.671. The number of thiophene rings is 1. The van der Waals surface area contributed by atoms with E-state index >= 15 is 0 Å². The molecule has 8 heteroatoms. The minimum absolute atomic E-state index is 0.227. The maximum atomic E-state index is 13.2. The highest BCUT2D eigenvalue weighted by atomic mass is 32.1. The lowest BCUT2D eigenvalue weighted by Crippen LogP contribution is -2.21. The van der Waals surface area contributed by atoms with E-state index in [9.17, 15) is 9.59 Å². The van der Waals surface area contributed by atoms with Gasteiger partial charge in [0.15, 0.2) is 5.82 Å². The standard InChI is InChI=1S/C23H27N3O4S/c1-12-7-10-16-17(11-12)31-22(18(16)21-24-19(26-30-21)13-8-9-13)25-20(27)14-5-3-4-6-15(14)23(28)29-2/h12-13H,3-11H2,1-2H3,(H,25,27)/t12-/m1/s1. The zero-order valence-corrected chi connectivity index (χ0v) is 18.8. The number of ether oxygens (including phenoxy) is 1. The predicted molar refractivity (Wildman–Crippen MR) is 117 cm³/mol. The van der Waals surface area contributed by atoms with Gasteiger partial charge in [0.05, 0.1) is 12.7 Å². The first-order valence-corrected chi connectivity index (χ1v) is 12.0. The Morgan fingerprint density at radius 1 is 1.13 bits per heavy atom. The van der Waals surface area contributed by atoms with E-state index in [2.05, 4.69) is 22.4 Å². The second kappa shape index (κ2) is 8.22. The summed E-state index contributed by atoms with van der Waals surface area (Å²) < 4.78 is 10.6. The molecule has 1 fully saturated rings. The van der Waals surface area contributed by atoms with Crippen LogP contribution in [0.4, 0.5) is 5.00 Å². The number of carbonyl (C=O) groups excluding carboxylic acids is 2. The molecule has 0 aliphatic heterocycles. The molecule has 2 aromatic heterocycles. The number of fused-ring (bicyclic) bond motifs is 1. The van der Waals surface area contributed by atoms with E-state index in [0.717, 1.165) is 61.3 Å². The number of anilines is 1. The van der Waals surface area contributed by atoms with Crippen LogP contribution >= 0.6 is 11.3 Å². The van der Waals surface area contributed by atoms with Crippen molar-refractivity contribution in [3.63, 3.8) is 0 Å². The fourth-order valence-electron chi connectivity index (χ4n) is 4.59. The van der Waals surface area contributed by atoms with Gasteiger partial charge in [0.25, 0.3) is 11.8 Å². The van der Waals surface area contributed by atoms with Crippen LogP contribution in [-0.2, 0) is 27.2 Å². The lowest BCUT2D eigenvalue weighted by molar-refractivity contribution is -0.136. The number of aromatic nitrogens is 2. The monoisotopic (exact) mass is 441 g/mol. The van der Waals surface area contributed by atoms with Crippen molar-refractivity contribution >= 4 is 28.2 Å². The molecule has 1 amide bonds. The summed E-state index contributed by atoms with van der Waals surface area (Å²) in [6.07, 6.45) is 8.18. The van der Waals surface area contributed by atoms with Gasteiger partial charge in [-0.05, 0) is 69.3 Å². The third-order valence-electron chi connectivity index (χ3n) is 6.51. The number of esters is 1. The molecule has 3 aliphatic carbocycles. The summed E-state index contributed by atoms with van der Waals surface area (Å²) >= 11 is 1.60. The maximum absolute atomic E-state index is 13.2. The van der Waals surface area contributed by atoms with Crippen LogP contribution in [0.3, 0.4) is 0 Å². The van der Waals surface area contributed by atoms with Crippen LogP contribution in [0.2, 0.25) is 0 Å². The molecular weight excluding hydrogens is 414 g/mol. The Kier molecular flexibility index (Phi) is 5.42. The molecule has 0 radical (unpaired) electrons. The number of hydrogen-bond donors (Lipinski definition) is 1. The normalized spacial score (nSPS) is 21.0. The fraction of sp³-hybridized carbons (Fsp3) is 0.565. The lowest BCUT2D eigenvalue weighted by Gasteiger charge is -2.18. The van der Waals surface area contributed by atoms with E-state index in [-0.39, 0.29) is 5.91 Å². The number of rotatable bonds is 5. The summed E-state index contributed by atoms with van der Waals surface area (Å²) in [6.45, 7) is 2.26. The largest absolute Gasteiger partial charge is 0.466 e. The molecule has 2 aromatic rings. The molecule has 164 valence electrons. The van der Waals surface area contributed by atoms with Crippen molar-refractivity contribution in [1.29, 1.82) is 0 Å². The fourth-order valence-corrected chi connectivity index (χ4v) is 5.99. The Morgan fingerprint density at radius 3 is 2.65 bits per heavy atom. The van der Waals surface area contributed by atoms with Gasteiger partial charge in [-0.15, -0.1) is 11.3 Å². The first-order valence-electron chi connectivity index (χ1n) is 11.1. The van der Waals surface area contributed by atoms with Gasteiger partial charge >= 0.3 is 5.97 Å². The Bertz CT molecular complexity index is 1060. The van der Waals surface area contributed by atoms with E-state index < -0.39 is 5.97 Å². The number of amides is 1. The molecule has 0 saturated heterocycles. The van der Waals surface area contributed by atoms with Crippen LogP contribution in [-0.4, -0.2) is 29.1 Å². The first-order chi connectivity index (χ1) is 15.0. The second-order valence-corrected chi connectivity index (χ2v) is 10.0. The zero-order valence-electron chi connectivity index (χ0n) is 18.0. The minimum atomic E-state index is -0.407. The van der Waals surface area contributed by atoms with E-state index in [0.29, 0.717) is 41.7 Å². The van der Waals surface area contributed by atoms with Crippen molar-refractivity contribution in [2.45, 2.75) is 70.6 Å². The Labute approximate surface area is 185 Å². The zero-order chi connectivity index (χ0) is 21.5. The smallest absolute Gasteiger partial charge is 0.334 e. The van der Waals surface area contributed by atoms with Crippen LogP contribution in [0.15, 0.2) is 15.7 Å². The predicted octanol–water partition coefficient (Wildman–Crippen LogP) is 4.78. The highest BCUT2D eigenvalue weighted by Gasteiger charge is 2.33. The molecule has 31 heavy (non-hydrogen) atoms. The van der Waals surface area contributed by atoms with Gasteiger partial charge in [0.2, 0.25) is 0 Å². The van der Waals surface area contributed by atoms with Crippen molar-refractivity contribution in [2.24, 2.45) is 5.92 Å². The first kappa shape index (κ1) is 20.4. The third-order valence-corrected chi connectivity index (χ3v) is 7.68. The Balaban J connectivity index is 1.51. The van der Waals surface area contributed by atoms with E-state index in [1.807, 2.05) is 0 Å². The molecule has 5 rings (SSSR count). The molecule has 0 spiro atoms. The number of nitrogens with one attached hydrogen (secondary N) is 1. The van der Waals surface area contributed by atoms with Gasteiger partial charge in [-0.3, -0.25) is 4.79 Å². The average Bonchev–Trinajstić information content (AvgIpc) is 3.41. The number of nitrogens with zero attached hydrogens (tertiary/aromatic N) is 2. The van der Waals surface area contributed by atoms with Crippen molar-refractivity contribution in [3.8, 4) is 11.5 Å². The Morgan fingerprint density at radius 2 is 1.90 bits per heavy atom. The molecule has 0 aromatic carbocycles. The maximum Gasteiger partial charge on any atom is 0.334 e. The van der Waals surface area contributed by atoms with Crippen molar-refractivity contribution < 1.29 is 18.8 Å². The van der Waals surface area contributed by atoms with Gasteiger partial charge in [0, 0.05) is 21.9 Å². The van der Waals surface area contributed by atoms with Crippen LogP contribution < -0.4 is 5.32 Å². The van der Waals surface area contributed by atoms with Crippen LogP contribution in [0.5, 0.6) is 0 Å². The molecule has 1 saturated carbocycles. The highest BCUT2D eigenvalue weighted by Crippen LogP contribution is 2.46. The Hall–Kier alpha value is -2.48. The van der Waals surface area contributed by atoms with Crippen LogP contribution in [0, 0.1) is 5.92 Å². The van der Waals surface area contributed by atoms with Crippen molar-refractivity contribution in [3.05, 3.63) is 27.4 Å². The number of hydrogen-bond acceptors (Lipinski definition) is 7. The molecule has 0 bridgehead atoms. The topological polar surface area (TPSA) is 94.3 Å². The molecule has 2 heterocycles. The van der Waals surface area contributed by atoms with Gasteiger partial charge in [-0.25, -0.2) is 4.79 Å². The van der Waals surface area contributed by atoms with E-state index in [1.54, 1.807) is 11.3 Å². The summed E-state index contributed by atoms with van der Waals surface area (Å²) in [4.78, 5) is 31.4.